The summed E-state index contributed by atoms with van der Waals surface area (Å²) in [4.78, 5) is 47.5. The van der Waals surface area contributed by atoms with Crippen LogP contribution in [0.2, 0.25) is 0 Å². The van der Waals surface area contributed by atoms with E-state index in [1.54, 1.807) is 0 Å². The van der Waals surface area contributed by atoms with E-state index in [0.29, 0.717) is 5.75 Å². The molecule has 118 valence electrons. The predicted molar refractivity (Wildman–Crippen MR) is 76.9 cm³/mol. The highest BCUT2D eigenvalue weighted by Gasteiger charge is 2.44. The van der Waals surface area contributed by atoms with Gasteiger partial charge in [0, 0.05) is 0 Å². The lowest BCUT2D eigenvalue weighted by atomic mass is 9.99. The molecule has 0 aliphatic carbocycles. The van der Waals surface area contributed by atoms with Crippen molar-refractivity contribution in [1.29, 1.82) is 0 Å². The zero-order valence-corrected chi connectivity index (χ0v) is 13.0. The van der Waals surface area contributed by atoms with Gasteiger partial charge in [0.1, 0.15) is 18.1 Å². The van der Waals surface area contributed by atoms with Crippen LogP contribution in [-0.4, -0.2) is 64.0 Å². The number of piperazine rings is 1. The molecule has 21 heavy (non-hydrogen) atoms. The molecule has 1 aliphatic heterocycles. The molecule has 1 heterocycles. The highest BCUT2D eigenvalue weighted by Crippen LogP contribution is 2.18. The van der Waals surface area contributed by atoms with Gasteiger partial charge in [0.15, 0.2) is 0 Å². The SMILES string of the molecule is CSCC[C@H](NC(=O)N1CC(=O)NC(=O)C1(C)C)C(=O)O. The van der Waals surface area contributed by atoms with E-state index < -0.39 is 35.4 Å². The minimum Gasteiger partial charge on any atom is -0.480 e. The van der Waals surface area contributed by atoms with E-state index in [1.807, 2.05) is 6.26 Å². The Hall–Kier alpha value is -1.77. The third kappa shape index (κ3) is 4.10. The Kier molecular flexibility index (Phi) is 5.59. The van der Waals surface area contributed by atoms with E-state index in [4.69, 9.17) is 5.11 Å². The zero-order valence-electron chi connectivity index (χ0n) is 12.1. The Labute approximate surface area is 126 Å². The van der Waals surface area contributed by atoms with Crippen LogP contribution in [0.4, 0.5) is 4.79 Å². The van der Waals surface area contributed by atoms with Gasteiger partial charge >= 0.3 is 12.0 Å². The summed E-state index contributed by atoms with van der Waals surface area (Å²) in [6.45, 7) is 2.69. The average molecular weight is 317 g/mol. The van der Waals surface area contributed by atoms with Crippen molar-refractivity contribution in [2.45, 2.75) is 31.8 Å². The van der Waals surface area contributed by atoms with Crippen molar-refractivity contribution < 1.29 is 24.3 Å². The summed E-state index contributed by atoms with van der Waals surface area (Å²) < 4.78 is 0. The van der Waals surface area contributed by atoms with Gasteiger partial charge in [-0.15, -0.1) is 0 Å². The maximum absolute atomic E-state index is 12.2. The Balaban J connectivity index is 2.82. The fourth-order valence-electron chi connectivity index (χ4n) is 1.83. The first kappa shape index (κ1) is 17.3. The summed E-state index contributed by atoms with van der Waals surface area (Å²) in [5, 5.41) is 13.6. The molecule has 0 unspecified atom stereocenters. The molecule has 9 heteroatoms. The number of aliphatic carboxylic acids is 1. The molecule has 1 aliphatic rings. The van der Waals surface area contributed by atoms with Crippen molar-refractivity contribution in [3.05, 3.63) is 0 Å². The Bertz CT molecular complexity index is 466. The lowest BCUT2D eigenvalue weighted by Gasteiger charge is -2.40. The smallest absolute Gasteiger partial charge is 0.326 e. The molecular weight excluding hydrogens is 298 g/mol. The number of rotatable bonds is 5. The van der Waals surface area contributed by atoms with E-state index >= 15 is 0 Å². The molecule has 0 spiro atoms. The van der Waals surface area contributed by atoms with Gasteiger partial charge in [-0.2, -0.15) is 11.8 Å². The lowest BCUT2D eigenvalue weighted by molar-refractivity contribution is -0.142. The Morgan fingerprint density at radius 1 is 1.48 bits per heavy atom. The highest BCUT2D eigenvalue weighted by molar-refractivity contribution is 7.98. The van der Waals surface area contributed by atoms with Crippen LogP contribution in [0.15, 0.2) is 0 Å². The number of nitrogens with zero attached hydrogens (tertiary/aromatic N) is 1. The van der Waals surface area contributed by atoms with E-state index in [9.17, 15) is 19.2 Å². The van der Waals surface area contributed by atoms with E-state index in [1.165, 1.54) is 25.6 Å². The third-order valence-corrected chi connectivity index (χ3v) is 3.88. The molecule has 0 aromatic heterocycles. The van der Waals surface area contributed by atoms with Crippen LogP contribution in [0.5, 0.6) is 0 Å². The normalized spacial score (nSPS) is 18.9. The van der Waals surface area contributed by atoms with Gasteiger partial charge in [0.05, 0.1) is 0 Å². The van der Waals surface area contributed by atoms with Crippen LogP contribution in [-0.2, 0) is 14.4 Å². The predicted octanol–water partition coefficient (Wildman–Crippen LogP) is -0.361. The first-order valence-electron chi connectivity index (χ1n) is 6.34. The highest BCUT2D eigenvalue weighted by atomic mass is 32.2. The second-order valence-corrected chi connectivity index (χ2v) is 6.13. The molecule has 8 nitrogen and oxygen atoms in total. The molecule has 0 bridgehead atoms. The second-order valence-electron chi connectivity index (χ2n) is 5.14. The molecule has 0 aromatic rings. The van der Waals surface area contributed by atoms with Crippen molar-refractivity contribution in [2.24, 2.45) is 0 Å². The molecule has 1 fully saturated rings. The summed E-state index contributed by atoms with van der Waals surface area (Å²) in [6, 6.07) is -1.79. The van der Waals surface area contributed by atoms with Crippen molar-refractivity contribution >= 4 is 35.6 Å². The van der Waals surface area contributed by atoms with E-state index in [2.05, 4.69) is 10.6 Å². The van der Waals surface area contributed by atoms with Gasteiger partial charge in [0.25, 0.3) is 5.91 Å². The fourth-order valence-corrected chi connectivity index (χ4v) is 2.30. The van der Waals surface area contributed by atoms with Crippen molar-refractivity contribution in [2.75, 3.05) is 18.6 Å². The van der Waals surface area contributed by atoms with E-state index in [-0.39, 0.29) is 13.0 Å². The number of amides is 4. The monoisotopic (exact) mass is 317 g/mol. The van der Waals surface area contributed by atoms with Gasteiger partial charge in [-0.25, -0.2) is 9.59 Å². The quantitative estimate of drug-likeness (QED) is 0.596. The van der Waals surface area contributed by atoms with Gasteiger partial charge in [0.2, 0.25) is 5.91 Å². The summed E-state index contributed by atoms with van der Waals surface area (Å²) in [5.41, 5.74) is -1.22. The molecule has 3 N–H and O–H groups in total. The van der Waals surface area contributed by atoms with Crippen molar-refractivity contribution in [3.63, 3.8) is 0 Å². The fraction of sp³-hybridized carbons (Fsp3) is 0.667. The first-order valence-corrected chi connectivity index (χ1v) is 7.73. The number of thioether (sulfide) groups is 1. The molecule has 1 saturated heterocycles. The maximum atomic E-state index is 12.2. The second kappa shape index (κ2) is 6.79. The van der Waals surface area contributed by atoms with Crippen LogP contribution in [0.1, 0.15) is 20.3 Å². The number of imide groups is 1. The van der Waals surface area contributed by atoms with Gasteiger partial charge in [-0.1, -0.05) is 0 Å². The number of carbonyl (C=O) groups excluding carboxylic acids is 3. The molecular formula is C12H19N3O5S. The molecule has 1 rings (SSSR count). The summed E-state index contributed by atoms with van der Waals surface area (Å²) in [6.07, 6.45) is 2.09. The zero-order chi connectivity index (χ0) is 16.2. The number of carboxylic acid groups (broad SMARTS) is 1. The van der Waals surface area contributed by atoms with Crippen LogP contribution in [0.25, 0.3) is 0 Å². The van der Waals surface area contributed by atoms with Crippen molar-refractivity contribution in [3.8, 4) is 0 Å². The van der Waals surface area contributed by atoms with Gasteiger partial charge in [-0.05, 0) is 32.3 Å². The lowest BCUT2D eigenvalue weighted by Crippen LogP contribution is -2.67. The molecule has 1 atom stereocenters. The summed E-state index contributed by atoms with van der Waals surface area (Å²) in [7, 11) is 0. The largest absolute Gasteiger partial charge is 0.480 e. The molecule has 0 aromatic carbocycles. The average Bonchev–Trinajstić information content (AvgIpc) is 2.38. The minimum atomic E-state index is -1.22. The topological polar surface area (TPSA) is 116 Å². The van der Waals surface area contributed by atoms with Gasteiger partial charge < -0.3 is 15.3 Å². The Morgan fingerprint density at radius 3 is 2.62 bits per heavy atom. The number of urea groups is 1. The molecule has 0 radical (unpaired) electrons. The van der Waals surface area contributed by atoms with Crippen molar-refractivity contribution in [1.82, 2.24) is 15.5 Å². The Morgan fingerprint density at radius 2 is 2.10 bits per heavy atom. The van der Waals surface area contributed by atoms with Crippen LogP contribution < -0.4 is 10.6 Å². The number of carbonyl (C=O) groups is 4. The van der Waals surface area contributed by atoms with Crippen LogP contribution >= 0.6 is 11.8 Å². The maximum Gasteiger partial charge on any atom is 0.326 e. The number of hydrogen-bond acceptors (Lipinski definition) is 5. The van der Waals surface area contributed by atoms with E-state index in [0.717, 1.165) is 4.90 Å². The number of nitrogens with one attached hydrogen (secondary N) is 2. The molecule has 0 saturated carbocycles. The van der Waals surface area contributed by atoms with Crippen LogP contribution in [0.3, 0.4) is 0 Å². The summed E-state index contributed by atoms with van der Waals surface area (Å²) in [5.74, 6) is -1.77. The standard InChI is InChI=1S/C12H19N3O5S/c1-12(2)10(19)14-8(16)6-15(12)11(20)13-7(9(17)18)4-5-21-3/h7H,4-6H2,1-3H3,(H,13,20)(H,17,18)(H,14,16,19)/t7-/m0/s1. The molecule has 4 amide bonds. The van der Waals surface area contributed by atoms with Crippen LogP contribution in [0, 0.1) is 0 Å². The third-order valence-electron chi connectivity index (χ3n) is 3.24. The number of hydrogen-bond donors (Lipinski definition) is 3. The summed E-state index contributed by atoms with van der Waals surface area (Å²) >= 11 is 1.46. The number of carboxylic acids is 1. The van der Waals surface area contributed by atoms with Gasteiger partial charge in [-0.3, -0.25) is 14.9 Å². The first-order chi connectivity index (χ1) is 9.70. The minimum absolute atomic E-state index is 0.261.